The van der Waals surface area contributed by atoms with Gasteiger partial charge in [-0.2, -0.15) is 0 Å². The quantitative estimate of drug-likeness (QED) is 0.471. The zero-order chi connectivity index (χ0) is 24.3. The fourth-order valence-electron chi connectivity index (χ4n) is 3.00. The van der Waals surface area contributed by atoms with Gasteiger partial charge in [-0.25, -0.2) is 17.1 Å². The molecule has 6 nitrogen and oxygen atoms in total. The van der Waals surface area contributed by atoms with Gasteiger partial charge in [0, 0.05) is 35.0 Å². The van der Waals surface area contributed by atoms with Crippen LogP contribution in [-0.4, -0.2) is 41.9 Å². The van der Waals surface area contributed by atoms with E-state index >= 15 is 0 Å². The van der Waals surface area contributed by atoms with E-state index in [0.29, 0.717) is 10.2 Å². The first kappa shape index (κ1) is 27.1. The SMILES string of the molecule is COc1ccc(CN(C)S(=O)(=O)C[C@](C)(N[S@+]([O-])C(C)(C)C)c2cc(Br)ccc2F)cc1. The van der Waals surface area contributed by atoms with Crippen LogP contribution in [0.25, 0.3) is 0 Å². The molecule has 0 spiro atoms. The first-order valence-corrected chi connectivity index (χ1v) is 13.5. The van der Waals surface area contributed by atoms with Crippen molar-refractivity contribution in [3.8, 4) is 5.75 Å². The second kappa shape index (κ2) is 10.4. The number of nitrogens with zero attached hydrogens (tertiary/aromatic N) is 1. The van der Waals surface area contributed by atoms with Crippen molar-refractivity contribution in [1.29, 1.82) is 0 Å². The molecular weight excluding hydrogens is 519 g/mol. The number of nitrogens with one attached hydrogen (secondary N) is 1. The summed E-state index contributed by atoms with van der Waals surface area (Å²) in [6, 6.07) is 11.4. The Balaban J connectivity index is 2.38. The minimum absolute atomic E-state index is 0.117. The minimum Gasteiger partial charge on any atom is -0.598 e. The molecule has 1 N–H and O–H groups in total. The van der Waals surface area contributed by atoms with Gasteiger partial charge in [0.05, 0.1) is 12.9 Å². The lowest BCUT2D eigenvalue weighted by molar-refractivity contribution is 0.409. The van der Waals surface area contributed by atoms with Crippen LogP contribution in [0.3, 0.4) is 0 Å². The van der Waals surface area contributed by atoms with Gasteiger partial charge in [-0.1, -0.05) is 28.1 Å². The summed E-state index contributed by atoms with van der Waals surface area (Å²) in [6.45, 7) is 6.97. The average molecular weight is 550 g/mol. The highest BCUT2D eigenvalue weighted by Crippen LogP contribution is 2.32. The molecule has 10 heteroatoms. The summed E-state index contributed by atoms with van der Waals surface area (Å²) in [5.41, 5.74) is -0.553. The number of hydrogen-bond acceptors (Lipinski definition) is 5. The summed E-state index contributed by atoms with van der Waals surface area (Å²) in [4.78, 5) is 0. The number of benzene rings is 2. The van der Waals surface area contributed by atoms with Crippen molar-refractivity contribution >= 4 is 37.3 Å². The van der Waals surface area contributed by atoms with Crippen LogP contribution in [0.15, 0.2) is 46.9 Å². The lowest BCUT2D eigenvalue weighted by atomic mass is 9.95. The van der Waals surface area contributed by atoms with Crippen LogP contribution >= 0.6 is 15.9 Å². The van der Waals surface area contributed by atoms with E-state index in [1.54, 1.807) is 59.1 Å². The number of hydrogen-bond donors (Lipinski definition) is 1. The third-order valence-corrected chi connectivity index (χ3v) is 9.17. The number of rotatable bonds is 9. The average Bonchev–Trinajstić information content (AvgIpc) is 2.69. The maximum absolute atomic E-state index is 14.8. The van der Waals surface area contributed by atoms with Crippen LogP contribution in [0, 0.1) is 5.82 Å². The third kappa shape index (κ3) is 6.91. The van der Waals surface area contributed by atoms with Gasteiger partial charge in [0.25, 0.3) is 0 Å². The molecule has 178 valence electrons. The van der Waals surface area contributed by atoms with Gasteiger partial charge in [0.1, 0.15) is 21.9 Å². The third-order valence-electron chi connectivity index (χ3n) is 4.91. The molecule has 0 radical (unpaired) electrons. The maximum Gasteiger partial charge on any atom is 0.216 e. The van der Waals surface area contributed by atoms with Crippen molar-refractivity contribution in [1.82, 2.24) is 9.03 Å². The van der Waals surface area contributed by atoms with Crippen molar-refractivity contribution in [3.05, 3.63) is 63.9 Å². The van der Waals surface area contributed by atoms with Crippen molar-refractivity contribution < 1.29 is 22.1 Å². The smallest absolute Gasteiger partial charge is 0.216 e. The summed E-state index contributed by atoms with van der Waals surface area (Å²) < 4.78 is 63.5. The molecule has 0 aromatic heterocycles. The van der Waals surface area contributed by atoms with Crippen LogP contribution in [0.2, 0.25) is 0 Å². The van der Waals surface area contributed by atoms with Crippen LogP contribution in [0.5, 0.6) is 5.75 Å². The molecule has 2 rings (SSSR count). The molecule has 2 aromatic rings. The molecule has 0 aliphatic heterocycles. The minimum atomic E-state index is -3.88. The fraction of sp³-hybridized carbons (Fsp3) is 0.455. The Morgan fingerprint density at radius 3 is 2.28 bits per heavy atom. The molecule has 0 fully saturated rings. The summed E-state index contributed by atoms with van der Waals surface area (Å²) in [5, 5.41) is 0. The van der Waals surface area contributed by atoms with Gasteiger partial charge in [0.2, 0.25) is 10.0 Å². The number of halogens is 2. The van der Waals surface area contributed by atoms with E-state index in [1.165, 1.54) is 29.6 Å². The summed E-state index contributed by atoms with van der Waals surface area (Å²) in [6.07, 6.45) is 0. The fourth-order valence-corrected chi connectivity index (χ4v) is 5.87. The molecule has 2 aromatic carbocycles. The number of methoxy groups -OCH3 is 1. The van der Waals surface area contributed by atoms with Crippen molar-refractivity contribution in [2.75, 3.05) is 19.9 Å². The Labute approximate surface area is 202 Å². The Hall–Kier alpha value is -1.17. The van der Waals surface area contributed by atoms with Crippen LogP contribution in [0.1, 0.15) is 38.8 Å². The number of sulfonamides is 1. The van der Waals surface area contributed by atoms with E-state index in [1.807, 2.05) is 0 Å². The first-order chi connectivity index (χ1) is 14.7. The van der Waals surface area contributed by atoms with Crippen molar-refractivity contribution in [2.24, 2.45) is 0 Å². The van der Waals surface area contributed by atoms with Gasteiger partial charge in [-0.15, -0.1) is 4.72 Å². The molecule has 2 atom stereocenters. The van der Waals surface area contributed by atoms with E-state index in [9.17, 15) is 17.4 Å². The summed E-state index contributed by atoms with van der Waals surface area (Å²) in [7, 11) is -0.850. The Bertz CT molecular complexity index is 1030. The second-order valence-electron chi connectivity index (χ2n) is 8.80. The van der Waals surface area contributed by atoms with Gasteiger partial charge < -0.3 is 9.29 Å². The van der Waals surface area contributed by atoms with E-state index < -0.39 is 43.2 Å². The molecule has 0 aliphatic carbocycles. The Morgan fingerprint density at radius 1 is 1.16 bits per heavy atom. The predicted octanol–water partition coefficient (Wildman–Crippen LogP) is 4.33. The molecule has 0 saturated heterocycles. The van der Waals surface area contributed by atoms with E-state index in [0.717, 1.165) is 5.56 Å². The molecule has 0 unspecified atom stereocenters. The monoisotopic (exact) mass is 548 g/mol. The van der Waals surface area contributed by atoms with E-state index in [4.69, 9.17) is 4.74 Å². The standard InChI is InChI=1S/C22H30BrFN2O4S2/c1-21(2,3)31(27)25-22(4,19-13-17(23)9-12-20(19)24)15-32(28,29)26(5)14-16-7-10-18(30-6)11-8-16/h7-13,25H,14-15H2,1-6H3/t22-,31+/m0/s1. The van der Waals surface area contributed by atoms with Gasteiger partial charge in [-0.3, -0.25) is 0 Å². The van der Waals surface area contributed by atoms with Crippen LogP contribution < -0.4 is 9.46 Å². The lowest BCUT2D eigenvalue weighted by Gasteiger charge is -2.36. The molecule has 0 bridgehead atoms. The van der Waals surface area contributed by atoms with E-state index in [-0.39, 0.29) is 12.1 Å². The number of ether oxygens (including phenoxy) is 1. The topological polar surface area (TPSA) is 81.7 Å². The van der Waals surface area contributed by atoms with E-state index in [2.05, 4.69) is 20.7 Å². The molecular formula is C22H30BrFN2O4S2. The van der Waals surface area contributed by atoms with Crippen LogP contribution in [0.4, 0.5) is 4.39 Å². The highest BCUT2D eigenvalue weighted by molar-refractivity contribution is 9.10. The largest absolute Gasteiger partial charge is 0.598 e. The second-order valence-corrected chi connectivity index (χ2v) is 13.8. The molecule has 0 heterocycles. The van der Waals surface area contributed by atoms with Gasteiger partial charge in [0.15, 0.2) is 0 Å². The van der Waals surface area contributed by atoms with Gasteiger partial charge in [-0.05, 0) is 63.6 Å². The maximum atomic E-state index is 14.8. The first-order valence-electron chi connectivity index (χ1n) is 9.90. The zero-order valence-corrected chi connectivity index (χ0v) is 22.3. The summed E-state index contributed by atoms with van der Waals surface area (Å²) >= 11 is 1.68. The summed E-state index contributed by atoms with van der Waals surface area (Å²) in [5.74, 6) is -0.394. The van der Waals surface area contributed by atoms with Gasteiger partial charge >= 0.3 is 0 Å². The van der Waals surface area contributed by atoms with Crippen molar-refractivity contribution in [3.63, 3.8) is 0 Å². The molecule has 32 heavy (non-hydrogen) atoms. The Morgan fingerprint density at radius 2 is 1.75 bits per heavy atom. The van der Waals surface area contributed by atoms with Crippen molar-refractivity contribution in [2.45, 2.75) is 44.5 Å². The molecule has 0 amide bonds. The highest BCUT2D eigenvalue weighted by Gasteiger charge is 2.43. The normalized spacial score (nSPS) is 15.4. The van der Waals surface area contributed by atoms with Crippen LogP contribution in [-0.2, 0) is 33.5 Å². The zero-order valence-electron chi connectivity index (χ0n) is 19.1. The molecule has 0 aliphatic rings. The highest BCUT2D eigenvalue weighted by atomic mass is 79.9. The predicted molar refractivity (Wildman–Crippen MR) is 131 cm³/mol. The lowest BCUT2D eigenvalue weighted by Crippen LogP contribution is -2.54. The Kier molecular flexibility index (Phi) is 8.80. The molecule has 0 saturated carbocycles.